The van der Waals surface area contributed by atoms with Crippen LogP contribution in [0, 0.1) is 0 Å². The van der Waals surface area contributed by atoms with E-state index < -0.39 is 5.97 Å². The summed E-state index contributed by atoms with van der Waals surface area (Å²) in [5.41, 5.74) is 0. The molecule has 7 nitrogen and oxygen atoms in total. The van der Waals surface area contributed by atoms with E-state index in [1.54, 1.807) is 4.90 Å². The highest BCUT2D eigenvalue weighted by atomic mass is 16.4. The first-order valence-electron chi connectivity index (χ1n) is 6.61. The van der Waals surface area contributed by atoms with E-state index in [9.17, 15) is 14.4 Å². The average Bonchev–Trinajstić information content (AvgIpc) is 2.89. The van der Waals surface area contributed by atoms with Crippen molar-refractivity contribution in [3.05, 3.63) is 0 Å². The van der Waals surface area contributed by atoms with Crippen LogP contribution < -0.4 is 10.6 Å². The predicted octanol–water partition coefficient (Wildman–Crippen LogP) is 0.163. The Labute approximate surface area is 112 Å². The number of nitrogens with zero attached hydrogens (tertiary/aromatic N) is 1. The summed E-state index contributed by atoms with van der Waals surface area (Å²) in [6, 6.07) is -0.386. The van der Waals surface area contributed by atoms with E-state index in [-0.39, 0.29) is 24.9 Å². The van der Waals surface area contributed by atoms with Gasteiger partial charge in [0.15, 0.2) is 0 Å². The highest BCUT2D eigenvalue weighted by molar-refractivity contribution is 5.84. The van der Waals surface area contributed by atoms with Crippen molar-refractivity contribution in [2.75, 3.05) is 26.2 Å². The molecule has 0 unspecified atom stereocenters. The molecule has 1 aliphatic heterocycles. The van der Waals surface area contributed by atoms with E-state index in [1.807, 2.05) is 0 Å². The topological polar surface area (TPSA) is 98.7 Å². The zero-order valence-corrected chi connectivity index (χ0v) is 11.0. The number of amides is 3. The van der Waals surface area contributed by atoms with Gasteiger partial charge in [0, 0.05) is 26.1 Å². The van der Waals surface area contributed by atoms with Crippen LogP contribution in [0.25, 0.3) is 0 Å². The smallest absolute Gasteiger partial charge is 0.315 e. The van der Waals surface area contributed by atoms with Gasteiger partial charge in [-0.15, -0.1) is 0 Å². The molecule has 0 aromatic heterocycles. The minimum Gasteiger partial charge on any atom is -0.481 e. The van der Waals surface area contributed by atoms with Gasteiger partial charge in [0.1, 0.15) is 0 Å². The van der Waals surface area contributed by atoms with Gasteiger partial charge in [-0.1, -0.05) is 0 Å². The lowest BCUT2D eigenvalue weighted by Gasteiger charge is -2.15. The Morgan fingerprint density at radius 1 is 1.05 bits per heavy atom. The monoisotopic (exact) mass is 271 g/mol. The molecular formula is C12H21N3O4. The first kappa shape index (κ1) is 15.3. The maximum Gasteiger partial charge on any atom is 0.315 e. The zero-order chi connectivity index (χ0) is 14.1. The molecule has 0 atom stereocenters. The van der Waals surface area contributed by atoms with Crippen LogP contribution in [0.2, 0.25) is 0 Å². The Hall–Kier alpha value is -1.79. The molecule has 0 spiro atoms. The number of carboxylic acids is 1. The molecule has 0 aliphatic carbocycles. The van der Waals surface area contributed by atoms with Crippen molar-refractivity contribution < 1.29 is 19.5 Å². The number of carboxylic acid groups (broad SMARTS) is 1. The Morgan fingerprint density at radius 3 is 2.37 bits per heavy atom. The molecule has 0 radical (unpaired) electrons. The molecule has 0 aromatic carbocycles. The number of urea groups is 1. The van der Waals surface area contributed by atoms with Gasteiger partial charge in [0.05, 0.1) is 6.54 Å². The molecule has 1 rings (SSSR count). The van der Waals surface area contributed by atoms with Crippen LogP contribution in [0.4, 0.5) is 4.79 Å². The maximum atomic E-state index is 11.6. The summed E-state index contributed by atoms with van der Waals surface area (Å²) in [6.45, 7) is 1.98. The maximum absolute atomic E-state index is 11.6. The molecule has 108 valence electrons. The third-order valence-corrected chi connectivity index (χ3v) is 2.96. The van der Waals surface area contributed by atoms with Gasteiger partial charge < -0.3 is 20.6 Å². The number of rotatable bonds is 7. The summed E-state index contributed by atoms with van der Waals surface area (Å²) in [7, 11) is 0. The van der Waals surface area contributed by atoms with Crippen molar-refractivity contribution in [3.8, 4) is 0 Å². The van der Waals surface area contributed by atoms with Crippen LogP contribution in [0.3, 0.4) is 0 Å². The second kappa shape index (κ2) is 8.34. The lowest BCUT2D eigenvalue weighted by atomic mass is 10.2. The molecule has 1 aliphatic rings. The van der Waals surface area contributed by atoms with E-state index in [0.29, 0.717) is 19.4 Å². The third-order valence-electron chi connectivity index (χ3n) is 2.96. The lowest BCUT2D eigenvalue weighted by molar-refractivity contribution is -0.137. The number of nitrogens with one attached hydrogen (secondary N) is 2. The fourth-order valence-corrected chi connectivity index (χ4v) is 1.90. The van der Waals surface area contributed by atoms with Crippen LogP contribution >= 0.6 is 0 Å². The molecule has 1 saturated heterocycles. The largest absolute Gasteiger partial charge is 0.481 e. The van der Waals surface area contributed by atoms with Gasteiger partial charge in [0.2, 0.25) is 5.91 Å². The van der Waals surface area contributed by atoms with Crippen LogP contribution in [0.5, 0.6) is 0 Å². The van der Waals surface area contributed by atoms with E-state index in [4.69, 9.17) is 5.11 Å². The molecule has 0 bridgehead atoms. The highest BCUT2D eigenvalue weighted by Crippen LogP contribution is 2.06. The number of likely N-dealkylation sites (tertiary alicyclic amines) is 1. The van der Waals surface area contributed by atoms with Crippen LogP contribution in [-0.2, 0) is 9.59 Å². The predicted molar refractivity (Wildman–Crippen MR) is 68.7 cm³/mol. The summed E-state index contributed by atoms with van der Waals surface area (Å²) in [5.74, 6) is -0.890. The van der Waals surface area contributed by atoms with Crippen LogP contribution in [0.15, 0.2) is 0 Å². The molecule has 1 heterocycles. The van der Waals surface area contributed by atoms with E-state index in [1.165, 1.54) is 0 Å². The van der Waals surface area contributed by atoms with Gasteiger partial charge in [-0.05, 0) is 25.7 Å². The van der Waals surface area contributed by atoms with E-state index in [2.05, 4.69) is 10.6 Å². The minimum absolute atomic E-state index is 0.0148. The number of carbonyl (C=O) groups is 3. The second-order valence-electron chi connectivity index (χ2n) is 4.55. The zero-order valence-electron chi connectivity index (χ0n) is 11.0. The number of aliphatic carboxylic acids is 1. The van der Waals surface area contributed by atoms with Crippen LogP contribution in [0.1, 0.15) is 32.1 Å². The van der Waals surface area contributed by atoms with Gasteiger partial charge in [-0.25, -0.2) is 4.79 Å². The summed E-state index contributed by atoms with van der Waals surface area (Å²) in [6.07, 6.45) is 3.31. The van der Waals surface area contributed by atoms with Gasteiger partial charge in [-0.2, -0.15) is 0 Å². The highest BCUT2D eigenvalue weighted by Gasteiger charge is 2.17. The Bertz CT molecular complexity index is 327. The van der Waals surface area contributed by atoms with Gasteiger partial charge in [-0.3, -0.25) is 9.59 Å². The molecule has 0 saturated carbocycles. The van der Waals surface area contributed by atoms with Crippen molar-refractivity contribution in [3.63, 3.8) is 0 Å². The summed E-state index contributed by atoms with van der Waals surface area (Å²) in [4.78, 5) is 35.0. The number of hydrogen-bond acceptors (Lipinski definition) is 3. The molecule has 3 N–H and O–H groups in total. The Balaban J connectivity index is 2.01. The molecule has 19 heavy (non-hydrogen) atoms. The van der Waals surface area contributed by atoms with Crippen LogP contribution in [-0.4, -0.2) is 54.1 Å². The number of carbonyl (C=O) groups excluding carboxylic acids is 2. The summed E-state index contributed by atoms with van der Waals surface area (Å²) < 4.78 is 0. The molecule has 3 amide bonds. The standard InChI is InChI=1S/C12H21N3O4/c16-10(15-7-3-4-8-15)9-14-12(19)13-6-2-1-5-11(17)18/h1-9H2,(H,17,18)(H2,13,14,19). The molecule has 1 fully saturated rings. The fraction of sp³-hybridized carbons (Fsp3) is 0.750. The first-order valence-corrected chi connectivity index (χ1v) is 6.61. The average molecular weight is 271 g/mol. The Morgan fingerprint density at radius 2 is 1.74 bits per heavy atom. The SMILES string of the molecule is O=C(O)CCCCNC(=O)NCC(=O)N1CCCC1. The van der Waals surface area contributed by atoms with Gasteiger partial charge >= 0.3 is 12.0 Å². The number of hydrogen-bond donors (Lipinski definition) is 3. The van der Waals surface area contributed by atoms with E-state index in [0.717, 1.165) is 25.9 Å². The normalized spacial score (nSPS) is 14.2. The third kappa shape index (κ3) is 6.64. The Kier molecular flexibility index (Phi) is 6.70. The molecular weight excluding hydrogens is 250 g/mol. The number of unbranched alkanes of at least 4 members (excludes halogenated alkanes) is 1. The van der Waals surface area contributed by atoms with Crippen molar-refractivity contribution in [2.45, 2.75) is 32.1 Å². The minimum atomic E-state index is -0.833. The summed E-state index contributed by atoms with van der Waals surface area (Å²) >= 11 is 0. The second-order valence-corrected chi connectivity index (χ2v) is 4.55. The van der Waals surface area contributed by atoms with Crippen molar-refractivity contribution in [2.24, 2.45) is 0 Å². The van der Waals surface area contributed by atoms with Crippen molar-refractivity contribution in [1.29, 1.82) is 0 Å². The van der Waals surface area contributed by atoms with Crippen molar-refractivity contribution in [1.82, 2.24) is 15.5 Å². The fourth-order valence-electron chi connectivity index (χ4n) is 1.90. The lowest BCUT2D eigenvalue weighted by Crippen LogP contribution is -2.43. The first-order chi connectivity index (χ1) is 9.09. The van der Waals surface area contributed by atoms with Crippen molar-refractivity contribution >= 4 is 17.9 Å². The summed E-state index contributed by atoms with van der Waals surface area (Å²) in [5, 5.41) is 13.5. The van der Waals surface area contributed by atoms with E-state index >= 15 is 0 Å². The quantitative estimate of drug-likeness (QED) is 0.574. The molecule has 7 heteroatoms. The molecule has 0 aromatic rings. The van der Waals surface area contributed by atoms with Gasteiger partial charge in [0.25, 0.3) is 0 Å².